The van der Waals surface area contributed by atoms with Gasteiger partial charge in [0.25, 0.3) is 10.0 Å². The molecule has 1 N–H and O–H groups in total. The minimum Gasteiger partial charge on any atom is -0.309 e. The van der Waals surface area contributed by atoms with Crippen LogP contribution in [0.4, 0.5) is 5.95 Å². The van der Waals surface area contributed by atoms with Gasteiger partial charge in [0.1, 0.15) is 4.90 Å². The zero-order valence-electron chi connectivity index (χ0n) is 14.0. The van der Waals surface area contributed by atoms with Crippen LogP contribution in [0.1, 0.15) is 33.2 Å². The smallest absolute Gasteiger partial charge is 0.267 e. The van der Waals surface area contributed by atoms with Gasteiger partial charge in [0.15, 0.2) is 0 Å². The maximum Gasteiger partial charge on any atom is 0.267 e. The minimum absolute atomic E-state index is 0.0959. The Kier molecular flexibility index (Phi) is 4.31. The summed E-state index contributed by atoms with van der Waals surface area (Å²) >= 11 is 0. The number of nitrogens with zero attached hydrogens (tertiary/aromatic N) is 4. The van der Waals surface area contributed by atoms with Gasteiger partial charge in [-0.05, 0) is 32.4 Å². The first-order valence-electron chi connectivity index (χ1n) is 7.94. The molecule has 0 fully saturated rings. The highest BCUT2D eigenvalue weighted by Gasteiger charge is 2.21. The summed E-state index contributed by atoms with van der Waals surface area (Å²) in [6.07, 6.45) is 3.76. The summed E-state index contributed by atoms with van der Waals surface area (Å²) in [5, 5.41) is 4.10. The van der Waals surface area contributed by atoms with Crippen LogP contribution < -0.4 is 4.72 Å². The quantitative estimate of drug-likeness (QED) is 0.743. The lowest BCUT2D eigenvalue weighted by Gasteiger charge is -2.09. The van der Waals surface area contributed by atoms with Crippen molar-refractivity contribution < 1.29 is 8.42 Å². The largest absolute Gasteiger partial charge is 0.309 e. The average molecular weight is 347 g/mol. The minimum atomic E-state index is -3.73. The molecule has 0 spiro atoms. The molecule has 0 aliphatic rings. The van der Waals surface area contributed by atoms with Gasteiger partial charge >= 0.3 is 0 Å². The van der Waals surface area contributed by atoms with Crippen molar-refractivity contribution in [2.24, 2.45) is 0 Å². The lowest BCUT2D eigenvalue weighted by atomic mass is 10.3. The maximum absolute atomic E-state index is 12.7. The van der Waals surface area contributed by atoms with Crippen molar-refractivity contribution in [2.45, 2.75) is 44.7 Å². The third-order valence-corrected chi connectivity index (χ3v) is 5.03. The molecule has 0 aliphatic heterocycles. The summed E-state index contributed by atoms with van der Waals surface area (Å²) in [6, 6.07) is 7.71. The molecule has 3 aromatic rings. The van der Waals surface area contributed by atoms with E-state index in [1.54, 1.807) is 4.68 Å². The summed E-state index contributed by atoms with van der Waals surface area (Å²) in [7, 11) is -3.73. The van der Waals surface area contributed by atoms with Gasteiger partial charge in [0, 0.05) is 18.8 Å². The van der Waals surface area contributed by atoms with Crippen molar-refractivity contribution in [2.75, 3.05) is 4.72 Å². The summed E-state index contributed by atoms with van der Waals surface area (Å²) in [4.78, 5) is 4.56. The van der Waals surface area contributed by atoms with Crippen molar-refractivity contribution in [3.63, 3.8) is 0 Å². The molecule has 0 atom stereocenters. The number of benzene rings is 1. The Morgan fingerprint density at radius 3 is 2.67 bits per heavy atom. The molecule has 24 heavy (non-hydrogen) atoms. The van der Waals surface area contributed by atoms with Gasteiger partial charge in [0.05, 0.1) is 17.2 Å². The van der Waals surface area contributed by atoms with Gasteiger partial charge in [-0.15, -0.1) is 0 Å². The molecule has 0 bridgehead atoms. The predicted octanol–water partition coefficient (Wildman–Crippen LogP) is 3.02. The standard InChI is InChI=1S/C16H21N5O2S/c1-4-9-20-15-8-6-5-7-14(15)18-16(20)19-24(22,23)13-10-17-21(11-13)12(2)3/h5-8,10-12H,4,9H2,1-3H3,(H,18,19). The first-order chi connectivity index (χ1) is 11.4. The van der Waals surface area contributed by atoms with Crippen LogP contribution in [0.25, 0.3) is 11.0 Å². The van der Waals surface area contributed by atoms with Crippen molar-refractivity contribution >= 4 is 27.0 Å². The number of para-hydroxylation sites is 2. The van der Waals surface area contributed by atoms with Gasteiger partial charge in [-0.2, -0.15) is 5.10 Å². The molecule has 0 saturated heterocycles. The molecule has 8 heteroatoms. The van der Waals surface area contributed by atoms with E-state index < -0.39 is 10.0 Å². The van der Waals surface area contributed by atoms with E-state index in [-0.39, 0.29) is 10.9 Å². The van der Waals surface area contributed by atoms with E-state index >= 15 is 0 Å². The van der Waals surface area contributed by atoms with Crippen molar-refractivity contribution in [3.8, 4) is 0 Å². The van der Waals surface area contributed by atoms with Gasteiger partial charge in [-0.1, -0.05) is 19.1 Å². The van der Waals surface area contributed by atoms with E-state index in [9.17, 15) is 8.42 Å². The second-order valence-electron chi connectivity index (χ2n) is 5.93. The molecule has 2 aromatic heterocycles. The van der Waals surface area contributed by atoms with Crippen LogP contribution in [-0.4, -0.2) is 27.7 Å². The van der Waals surface area contributed by atoms with Crippen LogP contribution in [0.15, 0.2) is 41.6 Å². The van der Waals surface area contributed by atoms with Gasteiger partial charge in [-0.25, -0.2) is 18.1 Å². The Bertz CT molecular complexity index is 956. The van der Waals surface area contributed by atoms with E-state index in [1.807, 2.05) is 49.6 Å². The Balaban J connectivity index is 2.00. The summed E-state index contributed by atoms with van der Waals surface area (Å²) in [5.41, 5.74) is 1.68. The molecule has 3 rings (SSSR count). The monoisotopic (exact) mass is 347 g/mol. The molecule has 7 nitrogen and oxygen atoms in total. The molecule has 0 unspecified atom stereocenters. The summed E-state index contributed by atoms with van der Waals surface area (Å²) in [6.45, 7) is 6.61. The van der Waals surface area contributed by atoms with Crippen LogP contribution in [0.5, 0.6) is 0 Å². The molecular weight excluding hydrogens is 326 g/mol. The van der Waals surface area contributed by atoms with Gasteiger partial charge < -0.3 is 4.57 Å². The number of aromatic nitrogens is 4. The highest BCUT2D eigenvalue weighted by molar-refractivity contribution is 7.92. The SMILES string of the molecule is CCCn1c(NS(=O)(=O)c2cnn(C(C)C)c2)nc2ccccc21. The Labute approximate surface area is 141 Å². The summed E-state index contributed by atoms with van der Waals surface area (Å²) in [5.74, 6) is 0.329. The van der Waals surface area contributed by atoms with E-state index in [4.69, 9.17) is 0 Å². The van der Waals surface area contributed by atoms with Crippen LogP contribution in [0.3, 0.4) is 0 Å². The predicted molar refractivity (Wildman–Crippen MR) is 93.4 cm³/mol. The molecular formula is C16H21N5O2S. The van der Waals surface area contributed by atoms with Crippen LogP contribution in [0, 0.1) is 0 Å². The number of hydrogen-bond donors (Lipinski definition) is 1. The third kappa shape index (κ3) is 3.01. The fourth-order valence-corrected chi connectivity index (χ4v) is 3.47. The summed E-state index contributed by atoms with van der Waals surface area (Å²) < 4.78 is 31.4. The number of anilines is 1. The zero-order valence-corrected chi connectivity index (χ0v) is 14.8. The van der Waals surface area contributed by atoms with Crippen LogP contribution >= 0.6 is 0 Å². The highest BCUT2D eigenvalue weighted by Crippen LogP contribution is 2.22. The zero-order chi connectivity index (χ0) is 17.3. The molecule has 0 saturated carbocycles. The number of nitrogens with one attached hydrogen (secondary N) is 1. The number of fused-ring (bicyclic) bond motifs is 1. The number of imidazole rings is 1. The number of aryl methyl sites for hydroxylation is 1. The first-order valence-corrected chi connectivity index (χ1v) is 9.43. The average Bonchev–Trinajstić information content (AvgIpc) is 3.14. The Morgan fingerprint density at radius 1 is 1.25 bits per heavy atom. The molecule has 128 valence electrons. The number of hydrogen-bond acceptors (Lipinski definition) is 4. The van der Waals surface area contributed by atoms with Crippen molar-refractivity contribution in [1.29, 1.82) is 0 Å². The van der Waals surface area contributed by atoms with E-state index in [2.05, 4.69) is 14.8 Å². The molecule has 0 amide bonds. The third-order valence-electron chi connectivity index (χ3n) is 3.74. The topological polar surface area (TPSA) is 81.8 Å². The lowest BCUT2D eigenvalue weighted by molar-refractivity contribution is 0.531. The molecule has 0 aliphatic carbocycles. The van der Waals surface area contributed by atoms with Crippen molar-refractivity contribution in [3.05, 3.63) is 36.7 Å². The fourth-order valence-electron chi connectivity index (χ4n) is 2.52. The van der Waals surface area contributed by atoms with E-state index in [0.717, 1.165) is 17.5 Å². The van der Waals surface area contributed by atoms with E-state index in [0.29, 0.717) is 12.5 Å². The molecule has 1 aromatic carbocycles. The van der Waals surface area contributed by atoms with E-state index in [1.165, 1.54) is 12.4 Å². The molecule has 0 radical (unpaired) electrons. The fraction of sp³-hybridized carbons (Fsp3) is 0.375. The maximum atomic E-state index is 12.7. The lowest BCUT2D eigenvalue weighted by Crippen LogP contribution is -2.16. The second kappa shape index (κ2) is 6.27. The number of rotatable bonds is 6. The van der Waals surface area contributed by atoms with Gasteiger partial charge in [0.2, 0.25) is 5.95 Å². The Hall–Kier alpha value is -2.35. The molecule has 2 heterocycles. The van der Waals surface area contributed by atoms with Crippen LogP contribution in [-0.2, 0) is 16.6 Å². The van der Waals surface area contributed by atoms with Crippen LogP contribution in [0.2, 0.25) is 0 Å². The van der Waals surface area contributed by atoms with Gasteiger partial charge in [-0.3, -0.25) is 4.68 Å². The second-order valence-corrected chi connectivity index (χ2v) is 7.61. The van der Waals surface area contributed by atoms with Crippen molar-refractivity contribution in [1.82, 2.24) is 19.3 Å². The first kappa shape index (κ1) is 16.5. The number of sulfonamides is 1. The highest BCUT2D eigenvalue weighted by atomic mass is 32.2. The Morgan fingerprint density at radius 2 is 2.00 bits per heavy atom. The normalized spacial score (nSPS) is 12.2.